The highest BCUT2D eigenvalue weighted by molar-refractivity contribution is 7.91. The molecule has 168 valence electrons. The molecule has 2 aliphatic rings. The van der Waals surface area contributed by atoms with Crippen LogP contribution in [0.3, 0.4) is 0 Å². The zero-order valence-electron chi connectivity index (χ0n) is 17.4. The van der Waals surface area contributed by atoms with Gasteiger partial charge < -0.3 is 9.80 Å². The van der Waals surface area contributed by atoms with E-state index in [2.05, 4.69) is 5.10 Å². The smallest absolute Gasteiger partial charge is 0.274 e. The van der Waals surface area contributed by atoms with Gasteiger partial charge in [-0.15, -0.1) is 11.3 Å². The summed E-state index contributed by atoms with van der Waals surface area (Å²) < 4.78 is 39.9. The summed E-state index contributed by atoms with van der Waals surface area (Å²) in [6.45, 7) is 2.00. The maximum atomic E-state index is 14.1. The molecule has 1 atom stereocenters. The van der Waals surface area contributed by atoms with E-state index >= 15 is 0 Å². The topological polar surface area (TPSA) is 75.5 Å². The molecule has 0 saturated carbocycles. The number of amides is 1. The Hall–Kier alpha value is -2.72. The highest BCUT2D eigenvalue weighted by Gasteiger charge is 2.33. The Bertz CT molecular complexity index is 1230. The van der Waals surface area contributed by atoms with Gasteiger partial charge in [0.2, 0.25) is 0 Å². The molecule has 2 fully saturated rings. The fraction of sp³-hybridized carbons (Fsp3) is 0.364. The summed E-state index contributed by atoms with van der Waals surface area (Å²) in [5.41, 5.74) is 1.64. The third-order valence-electron chi connectivity index (χ3n) is 6.04. The number of sulfone groups is 1. The van der Waals surface area contributed by atoms with Crippen molar-refractivity contribution in [3.05, 3.63) is 59.4 Å². The molecule has 2 saturated heterocycles. The maximum absolute atomic E-state index is 14.1. The Morgan fingerprint density at radius 1 is 1.09 bits per heavy atom. The van der Waals surface area contributed by atoms with Crippen LogP contribution in [-0.4, -0.2) is 66.7 Å². The van der Waals surface area contributed by atoms with Crippen LogP contribution < -0.4 is 4.90 Å². The van der Waals surface area contributed by atoms with E-state index in [1.165, 1.54) is 17.4 Å². The maximum Gasteiger partial charge on any atom is 0.274 e. The summed E-state index contributed by atoms with van der Waals surface area (Å²) in [5, 5.41) is 6.52. The number of carbonyl (C=O) groups excluding carboxylic acids is 1. The summed E-state index contributed by atoms with van der Waals surface area (Å²) >= 11 is 1.53. The molecule has 1 aromatic carbocycles. The second-order valence-electron chi connectivity index (χ2n) is 8.12. The van der Waals surface area contributed by atoms with Crippen molar-refractivity contribution in [3.63, 3.8) is 0 Å². The van der Waals surface area contributed by atoms with Crippen molar-refractivity contribution < 1.29 is 17.6 Å². The molecular weight excluding hydrogens is 451 g/mol. The number of piperazine rings is 1. The van der Waals surface area contributed by atoms with Crippen LogP contribution >= 0.6 is 11.3 Å². The lowest BCUT2D eigenvalue weighted by Gasteiger charge is -2.35. The average molecular weight is 475 g/mol. The van der Waals surface area contributed by atoms with Gasteiger partial charge >= 0.3 is 0 Å². The Kier molecular flexibility index (Phi) is 5.50. The van der Waals surface area contributed by atoms with Gasteiger partial charge in [0.25, 0.3) is 5.91 Å². The second-order valence-corrected chi connectivity index (χ2v) is 11.3. The quantitative estimate of drug-likeness (QED) is 0.581. The zero-order valence-corrected chi connectivity index (χ0v) is 19.0. The molecular formula is C22H23FN4O3S2. The van der Waals surface area contributed by atoms with Crippen LogP contribution in [0.1, 0.15) is 23.0 Å². The lowest BCUT2D eigenvalue weighted by molar-refractivity contribution is 0.0739. The first-order chi connectivity index (χ1) is 15.4. The number of hydrogen-bond acceptors (Lipinski definition) is 6. The number of benzene rings is 1. The van der Waals surface area contributed by atoms with Crippen LogP contribution in [0.5, 0.6) is 0 Å². The van der Waals surface area contributed by atoms with Gasteiger partial charge in [-0.25, -0.2) is 12.8 Å². The molecule has 1 amide bonds. The van der Waals surface area contributed by atoms with E-state index in [1.807, 2.05) is 22.4 Å². The highest BCUT2D eigenvalue weighted by Crippen LogP contribution is 2.32. The van der Waals surface area contributed by atoms with Crippen LogP contribution in [0.15, 0.2) is 47.8 Å². The molecule has 0 aliphatic carbocycles. The monoisotopic (exact) mass is 474 g/mol. The average Bonchev–Trinajstić information content (AvgIpc) is 3.53. The SMILES string of the molecule is O=C(c1cc(-c2cccs2)n(C2CCS(=O)(=O)C2)n1)N1CCN(c2ccccc2F)CC1. The van der Waals surface area contributed by atoms with Crippen LogP contribution in [-0.2, 0) is 9.84 Å². The van der Waals surface area contributed by atoms with Crippen LogP contribution in [0.2, 0.25) is 0 Å². The summed E-state index contributed by atoms with van der Waals surface area (Å²) in [6.07, 6.45) is 0.497. The number of carbonyl (C=O) groups is 1. The van der Waals surface area contributed by atoms with E-state index in [-0.39, 0.29) is 29.3 Å². The van der Waals surface area contributed by atoms with E-state index in [0.29, 0.717) is 44.0 Å². The Morgan fingerprint density at radius 2 is 1.88 bits per heavy atom. The molecule has 5 rings (SSSR count). The van der Waals surface area contributed by atoms with Crippen molar-refractivity contribution in [2.75, 3.05) is 42.6 Å². The third kappa shape index (κ3) is 4.04. The number of hydrogen-bond donors (Lipinski definition) is 0. The van der Waals surface area contributed by atoms with Gasteiger partial charge in [-0.1, -0.05) is 18.2 Å². The van der Waals surface area contributed by atoms with Gasteiger partial charge in [-0.05, 0) is 36.1 Å². The molecule has 4 heterocycles. The fourth-order valence-corrected chi connectivity index (χ4v) is 6.80. The molecule has 10 heteroatoms. The molecule has 0 radical (unpaired) electrons. The summed E-state index contributed by atoms with van der Waals surface area (Å²) in [4.78, 5) is 17.9. The number of aromatic nitrogens is 2. The fourth-order valence-electron chi connectivity index (χ4n) is 4.37. The lowest BCUT2D eigenvalue weighted by Crippen LogP contribution is -2.49. The van der Waals surface area contributed by atoms with E-state index in [1.54, 1.807) is 33.8 Å². The molecule has 32 heavy (non-hydrogen) atoms. The van der Waals surface area contributed by atoms with E-state index in [0.717, 1.165) is 10.6 Å². The van der Waals surface area contributed by atoms with Crippen molar-refractivity contribution in [2.45, 2.75) is 12.5 Å². The third-order valence-corrected chi connectivity index (χ3v) is 8.69. The van der Waals surface area contributed by atoms with E-state index in [9.17, 15) is 17.6 Å². The highest BCUT2D eigenvalue weighted by atomic mass is 32.2. The molecule has 0 bridgehead atoms. The van der Waals surface area contributed by atoms with Gasteiger partial charge in [0.15, 0.2) is 15.5 Å². The molecule has 0 N–H and O–H groups in total. The van der Waals surface area contributed by atoms with E-state index in [4.69, 9.17) is 0 Å². The van der Waals surface area contributed by atoms with Gasteiger partial charge in [-0.2, -0.15) is 5.10 Å². The minimum absolute atomic E-state index is 0.0437. The van der Waals surface area contributed by atoms with Crippen LogP contribution in [0, 0.1) is 5.82 Å². The normalized spacial score (nSPS) is 20.6. The number of nitrogens with zero attached hydrogens (tertiary/aromatic N) is 4. The molecule has 0 spiro atoms. The minimum atomic E-state index is -3.09. The number of thiophene rings is 1. The minimum Gasteiger partial charge on any atom is -0.366 e. The predicted molar refractivity (Wildman–Crippen MR) is 122 cm³/mol. The largest absolute Gasteiger partial charge is 0.366 e. The van der Waals surface area contributed by atoms with Gasteiger partial charge in [-0.3, -0.25) is 9.48 Å². The summed E-state index contributed by atoms with van der Waals surface area (Å²) in [7, 11) is -3.09. The number of anilines is 1. The molecule has 7 nitrogen and oxygen atoms in total. The first-order valence-electron chi connectivity index (χ1n) is 10.5. The zero-order chi connectivity index (χ0) is 22.3. The summed E-state index contributed by atoms with van der Waals surface area (Å²) in [5.74, 6) is -0.265. The predicted octanol–water partition coefficient (Wildman–Crippen LogP) is 3.07. The van der Waals surface area contributed by atoms with Crippen molar-refractivity contribution in [2.24, 2.45) is 0 Å². The van der Waals surface area contributed by atoms with Crippen LogP contribution in [0.25, 0.3) is 10.6 Å². The Morgan fingerprint density at radius 3 is 2.53 bits per heavy atom. The van der Waals surface area contributed by atoms with Gasteiger partial charge in [0, 0.05) is 26.2 Å². The first-order valence-corrected chi connectivity index (χ1v) is 13.2. The van der Waals surface area contributed by atoms with Crippen molar-refractivity contribution in [1.82, 2.24) is 14.7 Å². The van der Waals surface area contributed by atoms with Crippen molar-refractivity contribution in [3.8, 4) is 10.6 Å². The lowest BCUT2D eigenvalue weighted by atomic mass is 10.2. The molecule has 2 aromatic heterocycles. The van der Waals surface area contributed by atoms with Crippen LogP contribution in [0.4, 0.5) is 10.1 Å². The number of rotatable bonds is 4. The number of halogens is 1. The standard InChI is InChI=1S/C22H23FN4O3S2/c23-17-4-1-2-5-19(17)25-8-10-26(11-9-25)22(28)18-14-20(21-6-3-12-31-21)27(24-18)16-7-13-32(29,30)15-16/h1-6,12,14,16H,7-11,13,15H2. The molecule has 3 aromatic rings. The van der Waals surface area contributed by atoms with Crippen molar-refractivity contribution in [1.29, 1.82) is 0 Å². The Labute approximate surface area is 190 Å². The van der Waals surface area contributed by atoms with Gasteiger partial charge in [0.1, 0.15) is 5.82 Å². The van der Waals surface area contributed by atoms with Crippen molar-refractivity contribution >= 4 is 32.8 Å². The van der Waals surface area contributed by atoms with Gasteiger partial charge in [0.05, 0.1) is 33.8 Å². The molecule has 1 unspecified atom stereocenters. The molecule has 2 aliphatic heterocycles. The Balaban J connectivity index is 1.36. The number of para-hydroxylation sites is 1. The first kappa shape index (κ1) is 21.1. The summed E-state index contributed by atoms with van der Waals surface area (Å²) in [6, 6.07) is 12.0. The van der Waals surface area contributed by atoms with E-state index < -0.39 is 9.84 Å². The second kappa shape index (κ2) is 8.32.